The normalized spacial score (nSPS) is 13.7. The van der Waals surface area contributed by atoms with Gasteiger partial charge in [0, 0.05) is 19.4 Å². The van der Waals surface area contributed by atoms with Gasteiger partial charge >= 0.3 is 13.8 Å². The van der Waals surface area contributed by atoms with E-state index in [4.69, 9.17) is 19.0 Å². The van der Waals surface area contributed by atoms with E-state index in [1.54, 1.807) is 0 Å². The third-order valence-electron chi connectivity index (χ3n) is 8.68. The lowest BCUT2D eigenvalue weighted by Gasteiger charge is -2.17. The molecule has 0 aliphatic heterocycles. The fourth-order valence-corrected chi connectivity index (χ4v) is 6.21. The maximum Gasteiger partial charge on any atom is 0.472 e. The van der Waals surface area contributed by atoms with E-state index in [0.717, 1.165) is 77.0 Å². The van der Waals surface area contributed by atoms with Crippen LogP contribution in [0.5, 0.6) is 0 Å². The fourth-order valence-electron chi connectivity index (χ4n) is 5.46. The summed E-state index contributed by atoms with van der Waals surface area (Å²) in [5.41, 5.74) is 0. The monoisotopic (exact) mass is 758 g/mol. The lowest BCUT2D eigenvalue weighted by atomic mass is 10.1. The van der Waals surface area contributed by atoms with Gasteiger partial charge in [-0.25, -0.2) is 9.45 Å². The van der Waals surface area contributed by atoms with E-state index in [-0.39, 0.29) is 32.1 Å². The van der Waals surface area contributed by atoms with Crippen LogP contribution < -0.4 is 5.32 Å². The van der Waals surface area contributed by atoms with Gasteiger partial charge < -0.3 is 14.9 Å². The molecule has 0 bridgehead atoms. The second-order valence-electron chi connectivity index (χ2n) is 13.7. The van der Waals surface area contributed by atoms with Crippen LogP contribution in [-0.2, 0) is 32.8 Å². The molecule has 0 heterocycles. The lowest BCUT2D eigenvalue weighted by molar-refractivity contribution is -0.290. The molecule has 1 amide bonds. The van der Waals surface area contributed by atoms with E-state index in [1.165, 1.54) is 70.6 Å². The zero-order chi connectivity index (χ0) is 38.2. The van der Waals surface area contributed by atoms with Crippen LogP contribution in [0, 0.1) is 0 Å². The number of ether oxygens (including phenoxy) is 1. The number of nitrogens with one attached hydrogen (secondary N) is 1. The average molecular weight is 758 g/mol. The SMILES string of the molecule is CCCCC/C=C\C/C=C\CCCCCCCC(=O)NCCOP(=O)(O)OC[C@@H](COC(=O)CCCCCCC/C=C\CCCCCCCC)OO. The van der Waals surface area contributed by atoms with Crippen molar-refractivity contribution in [3.63, 3.8) is 0 Å². The first-order valence-electron chi connectivity index (χ1n) is 20.6. The molecule has 0 aromatic carbocycles. The molecule has 11 heteroatoms. The van der Waals surface area contributed by atoms with Crippen LogP contribution in [0.4, 0.5) is 0 Å². The predicted octanol–water partition coefficient (Wildman–Crippen LogP) is 11.5. The third-order valence-corrected chi connectivity index (χ3v) is 9.66. The summed E-state index contributed by atoms with van der Waals surface area (Å²) in [6.45, 7) is 3.44. The van der Waals surface area contributed by atoms with E-state index in [0.29, 0.717) is 12.8 Å². The topological polar surface area (TPSA) is 141 Å². The number of hydrogen-bond donors (Lipinski definition) is 3. The summed E-state index contributed by atoms with van der Waals surface area (Å²) >= 11 is 0. The summed E-state index contributed by atoms with van der Waals surface area (Å²) in [4.78, 5) is 38.2. The van der Waals surface area contributed by atoms with Crippen molar-refractivity contribution >= 4 is 19.7 Å². The number of phosphoric ester groups is 1. The van der Waals surface area contributed by atoms with Crippen molar-refractivity contribution in [1.29, 1.82) is 0 Å². The number of phosphoric acid groups is 1. The summed E-state index contributed by atoms with van der Waals surface area (Å²) in [5.74, 6) is -0.570. The highest BCUT2D eigenvalue weighted by molar-refractivity contribution is 7.47. The Kier molecular flexibility index (Phi) is 37.5. The average Bonchev–Trinajstić information content (AvgIpc) is 3.13. The maximum atomic E-state index is 12.2. The predicted molar refractivity (Wildman–Crippen MR) is 212 cm³/mol. The van der Waals surface area contributed by atoms with Crippen molar-refractivity contribution < 1.29 is 43.0 Å². The molecule has 10 nitrogen and oxygen atoms in total. The number of carbonyl (C=O) groups excluding carboxylic acids is 2. The highest BCUT2D eigenvalue weighted by Gasteiger charge is 2.24. The Hall–Kier alpha value is -1.81. The molecule has 304 valence electrons. The number of carbonyl (C=O) groups is 2. The summed E-state index contributed by atoms with van der Waals surface area (Å²) in [7, 11) is -4.46. The molecular formula is C41H76NO9P. The number of unbranched alkanes of at least 4 members (excludes halogenated alkanes) is 19. The molecule has 0 saturated carbocycles. The highest BCUT2D eigenvalue weighted by Crippen LogP contribution is 2.43. The third kappa shape index (κ3) is 37.9. The second kappa shape index (κ2) is 38.9. The van der Waals surface area contributed by atoms with E-state index in [1.807, 2.05) is 0 Å². The zero-order valence-corrected chi connectivity index (χ0v) is 33.8. The molecule has 52 heavy (non-hydrogen) atoms. The van der Waals surface area contributed by atoms with E-state index in [9.17, 15) is 19.0 Å². The molecule has 0 fully saturated rings. The fraction of sp³-hybridized carbons (Fsp3) is 0.805. The number of rotatable bonds is 39. The van der Waals surface area contributed by atoms with Gasteiger partial charge in [-0.1, -0.05) is 134 Å². The molecule has 2 atom stereocenters. The molecule has 0 aliphatic carbocycles. The van der Waals surface area contributed by atoms with Crippen LogP contribution >= 0.6 is 7.82 Å². The van der Waals surface area contributed by atoms with Crippen LogP contribution in [-0.4, -0.2) is 54.5 Å². The van der Waals surface area contributed by atoms with Crippen LogP contribution in [0.2, 0.25) is 0 Å². The van der Waals surface area contributed by atoms with Gasteiger partial charge in [0.05, 0.1) is 13.2 Å². The Labute approximate surface area is 317 Å². The highest BCUT2D eigenvalue weighted by atomic mass is 31.2. The minimum absolute atomic E-state index is 0.0565. The van der Waals surface area contributed by atoms with Gasteiger partial charge in [-0.3, -0.25) is 23.9 Å². The standard InChI is InChI=1S/C41H76NO9P/c1-3-5-7-9-11-13-15-17-19-21-23-25-27-29-31-33-40(43)42-35-36-49-52(46,47)50-38-39(51-45)37-48-41(44)34-32-30-28-26-24-22-20-18-16-14-12-10-8-6-4-2/h11,13,17-20,39,45H,3-10,12,14-16,21-38H2,1-2H3,(H,42,43)(H,46,47)/b13-11-,19-17-,20-18-/t39-/m1/s1. The largest absolute Gasteiger partial charge is 0.472 e. The number of amides is 1. The van der Waals surface area contributed by atoms with Crippen molar-refractivity contribution in [1.82, 2.24) is 5.32 Å². The Balaban J connectivity index is 3.74. The van der Waals surface area contributed by atoms with Crippen molar-refractivity contribution in [3.05, 3.63) is 36.5 Å². The molecule has 0 spiro atoms. The summed E-state index contributed by atoms with van der Waals surface area (Å²) in [6.07, 6.45) is 40.5. The molecule has 3 N–H and O–H groups in total. The van der Waals surface area contributed by atoms with Crippen LogP contribution in [0.15, 0.2) is 36.5 Å². The molecule has 0 radical (unpaired) electrons. The quantitative estimate of drug-likeness (QED) is 0.0139. The lowest BCUT2D eigenvalue weighted by Crippen LogP contribution is -2.27. The molecule has 0 rings (SSSR count). The summed E-state index contributed by atoms with van der Waals surface area (Å²) < 4.78 is 27.0. The minimum atomic E-state index is -4.46. The van der Waals surface area contributed by atoms with Gasteiger partial charge in [0.1, 0.15) is 6.61 Å². The van der Waals surface area contributed by atoms with Gasteiger partial charge in [-0.05, 0) is 70.6 Å². The Bertz CT molecular complexity index is 957. The molecule has 0 aliphatic rings. The molecule has 0 saturated heterocycles. The van der Waals surface area contributed by atoms with Crippen molar-refractivity contribution in [2.24, 2.45) is 0 Å². The van der Waals surface area contributed by atoms with E-state index < -0.39 is 26.5 Å². The van der Waals surface area contributed by atoms with Crippen molar-refractivity contribution in [3.8, 4) is 0 Å². The number of allylic oxidation sites excluding steroid dienone is 6. The Morgan fingerprint density at radius 3 is 1.63 bits per heavy atom. The zero-order valence-electron chi connectivity index (χ0n) is 33.0. The summed E-state index contributed by atoms with van der Waals surface area (Å²) in [5, 5.41) is 11.8. The van der Waals surface area contributed by atoms with Gasteiger partial charge in [-0.15, -0.1) is 0 Å². The Morgan fingerprint density at radius 2 is 1.08 bits per heavy atom. The summed E-state index contributed by atoms with van der Waals surface area (Å²) in [6, 6.07) is 0. The smallest absolute Gasteiger partial charge is 0.463 e. The first-order valence-corrected chi connectivity index (χ1v) is 22.1. The minimum Gasteiger partial charge on any atom is -0.463 e. The second-order valence-corrected chi connectivity index (χ2v) is 15.1. The van der Waals surface area contributed by atoms with Gasteiger partial charge in [-0.2, -0.15) is 0 Å². The van der Waals surface area contributed by atoms with Crippen molar-refractivity contribution in [2.45, 2.75) is 187 Å². The van der Waals surface area contributed by atoms with E-state index in [2.05, 4.69) is 60.5 Å². The van der Waals surface area contributed by atoms with Crippen LogP contribution in [0.1, 0.15) is 181 Å². The number of esters is 1. The number of hydrogen-bond acceptors (Lipinski definition) is 8. The molecule has 0 aromatic heterocycles. The maximum absolute atomic E-state index is 12.2. The van der Waals surface area contributed by atoms with Crippen LogP contribution in [0.25, 0.3) is 0 Å². The van der Waals surface area contributed by atoms with Gasteiger partial charge in [0.25, 0.3) is 0 Å². The molecular weight excluding hydrogens is 681 g/mol. The van der Waals surface area contributed by atoms with Gasteiger partial charge in [0.2, 0.25) is 5.91 Å². The van der Waals surface area contributed by atoms with E-state index >= 15 is 0 Å². The van der Waals surface area contributed by atoms with Gasteiger partial charge in [0.15, 0.2) is 6.10 Å². The first kappa shape index (κ1) is 50.2. The Morgan fingerprint density at radius 1 is 0.615 bits per heavy atom. The van der Waals surface area contributed by atoms with Crippen LogP contribution in [0.3, 0.4) is 0 Å². The first-order chi connectivity index (χ1) is 25.3. The van der Waals surface area contributed by atoms with Crippen molar-refractivity contribution in [2.75, 3.05) is 26.4 Å². The molecule has 0 aromatic rings. The molecule has 1 unspecified atom stereocenters.